The summed E-state index contributed by atoms with van der Waals surface area (Å²) in [7, 11) is 0. The van der Waals surface area contributed by atoms with Gasteiger partial charge in [0.1, 0.15) is 18.9 Å². The molecule has 23 heavy (non-hydrogen) atoms. The smallest absolute Gasteiger partial charge is 0.275 e. The Bertz CT molecular complexity index is 625. The van der Waals surface area contributed by atoms with E-state index >= 15 is 0 Å². The van der Waals surface area contributed by atoms with Crippen molar-refractivity contribution in [2.24, 2.45) is 0 Å². The summed E-state index contributed by atoms with van der Waals surface area (Å²) in [6.45, 7) is 3.55. The van der Waals surface area contributed by atoms with Crippen LogP contribution in [0.1, 0.15) is 16.5 Å². The van der Waals surface area contributed by atoms with Crippen molar-refractivity contribution in [2.45, 2.75) is 6.04 Å². The van der Waals surface area contributed by atoms with Crippen LogP contribution in [0.15, 0.2) is 41.8 Å². The van der Waals surface area contributed by atoms with E-state index in [9.17, 15) is 9.18 Å². The normalized spacial score (nSPS) is 16.9. The van der Waals surface area contributed by atoms with Crippen molar-refractivity contribution in [1.82, 2.24) is 5.32 Å². The fraction of sp³-hybridized carbons (Fsp3) is 0.353. The summed E-state index contributed by atoms with van der Waals surface area (Å²) in [5.41, 5.74) is 0.888. The molecule has 122 valence electrons. The summed E-state index contributed by atoms with van der Waals surface area (Å²) >= 11 is 1.58. The van der Waals surface area contributed by atoms with Crippen molar-refractivity contribution in [3.63, 3.8) is 0 Å². The number of rotatable bonds is 5. The van der Waals surface area contributed by atoms with E-state index in [4.69, 9.17) is 4.74 Å². The number of carbonyl (C=O) groups excluding carboxylic acids is 1. The summed E-state index contributed by atoms with van der Waals surface area (Å²) in [4.78, 5) is 14.7. The van der Waals surface area contributed by atoms with Gasteiger partial charge in [-0.15, -0.1) is 11.3 Å². The number of thiophene rings is 1. The first-order valence-corrected chi connectivity index (χ1v) is 8.60. The lowest BCUT2D eigenvalue weighted by Gasteiger charge is -2.24. The molecule has 2 heterocycles. The van der Waals surface area contributed by atoms with Gasteiger partial charge in [-0.25, -0.2) is 4.39 Å². The maximum atomic E-state index is 13.2. The van der Waals surface area contributed by atoms with Crippen LogP contribution < -0.4 is 10.2 Å². The molecule has 6 heteroatoms. The average molecular weight is 335 g/mol. The lowest BCUT2D eigenvalue weighted by molar-refractivity contribution is -0.900. The molecule has 1 amide bonds. The van der Waals surface area contributed by atoms with E-state index in [0.717, 1.165) is 23.5 Å². The zero-order valence-corrected chi connectivity index (χ0v) is 13.6. The molecule has 1 fully saturated rings. The number of carbonyl (C=O) groups is 1. The Morgan fingerprint density at radius 3 is 2.65 bits per heavy atom. The van der Waals surface area contributed by atoms with Gasteiger partial charge in [-0.05, 0) is 29.1 Å². The van der Waals surface area contributed by atoms with E-state index in [1.165, 1.54) is 17.0 Å². The van der Waals surface area contributed by atoms with E-state index in [0.29, 0.717) is 19.8 Å². The second kappa shape index (κ2) is 7.68. The van der Waals surface area contributed by atoms with E-state index < -0.39 is 0 Å². The summed E-state index contributed by atoms with van der Waals surface area (Å²) < 4.78 is 18.5. The summed E-state index contributed by atoms with van der Waals surface area (Å²) in [5.74, 6) is -0.271. The maximum Gasteiger partial charge on any atom is 0.275 e. The van der Waals surface area contributed by atoms with Gasteiger partial charge in [0.2, 0.25) is 0 Å². The highest BCUT2D eigenvalue weighted by molar-refractivity contribution is 7.10. The molecule has 0 saturated carbocycles. The zero-order valence-electron chi connectivity index (χ0n) is 12.8. The molecule has 3 rings (SSSR count). The van der Waals surface area contributed by atoms with Crippen molar-refractivity contribution < 1.29 is 18.8 Å². The molecule has 2 aromatic rings. The lowest BCUT2D eigenvalue weighted by atomic mass is 10.1. The number of halogens is 1. The lowest BCUT2D eigenvalue weighted by Crippen LogP contribution is -3.15. The van der Waals surface area contributed by atoms with E-state index in [1.54, 1.807) is 23.5 Å². The molecule has 1 aliphatic heterocycles. The first-order chi connectivity index (χ1) is 11.2. The van der Waals surface area contributed by atoms with E-state index in [1.807, 2.05) is 17.5 Å². The Morgan fingerprint density at radius 2 is 2.00 bits per heavy atom. The van der Waals surface area contributed by atoms with Crippen LogP contribution in [-0.2, 0) is 9.53 Å². The van der Waals surface area contributed by atoms with Gasteiger partial charge in [-0.1, -0.05) is 18.2 Å². The van der Waals surface area contributed by atoms with Crippen LogP contribution >= 0.6 is 11.3 Å². The second-order valence-electron chi connectivity index (χ2n) is 5.61. The molecule has 0 aliphatic carbocycles. The van der Waals surface area contributed by atoms with Crippen LogP contribution in [-0.4, -0.2) is 38.8 Å². The van der Waals surface area contributed by atoms with Crippen LogP contribution in [0.25, 0.3) is 0 Å². The summed E-state index contributed by atoms with van der Waals surface area (Å²) in [6.07, 6.45) is 0. The number of morpholine rings is 1. The van der Waals surface area contributed by atoms with Gasteiger partial charge in [0.15, 0.2) is 6.54 Å². The van der Waals surface area contributed by atoms with Crippen LogP contribution in [0.4, 0.5) is 4.39 Å². The molecule has 1 atom stereocenters. The monoisotopic (exact) mass is 335 g/mol. The molecule has 1 aromatic carbocycles. The largest absolute Gasteiger partial charge is 0.370 e. The minimum absolute atomic E-state index is 0.00428. The molecule has 1 aromatic heterocycles. The Hall–Kier alpha value is -1.76. The predicted molar refractivity (Wildman–Crippen MR) is 87.1 cm³/mol. The van der Waals surface area contributed by atoms with Crippen molar-refractivity contribution in [2.75, 3.05) is 32.8 Å². The van der Waals surface area contributed by atoms with Crippen molar-refractivity contribution >= 4 is 17.2 Å². The molecule has 0 bridgehead atoms. The average Bonchev–Trinajstić information content (AvgIpc) is 3.09. The molecule has 1 aliphatic rings. The molecular formula is C17H20FN2O2S+. The topological polar surface area (TPSA) is 42.8 Å². The summed E-state index contributed by atoms with van der Waals surface area (Å²) in [6, 6.07) is 10.0. The fourth-order valence-electron chi connectivity index (χ4n) is 2.71. The third kappa shape index (κ3) is 4.37. The van der Waals surface area contributed by atoms with Crippen LogP contribution in [0.2, 0.25) is 0 Å². The molecule has 1 saturated heterocycles. The second-order valence-corrected chi connectivity index (χ2v) is 6.59. The van der Waals surface area contributed by atoms with Crippen molar-refractivity contribution in [3.8, 4) is 0 Å². The van der Waals surface area contributed by atoms with E-state index in [-0.39, 0.29) is 17.8 Å². The number of nitrogens with one attached hydrogen (secondary N) is 2. The molecule has 2 N–H and O–H groups in total. The Balaban J connectivity index is 1.71. The summed E-state index contributed by atoms with van der Waals surface area (Å²) in [5, 5.41) is 5.07. The number of hydrogen-bond acceptors (Lipinski definition) is 3. The Morgan fingerprint density at radius 1 is 1.26 bits per heavy atom. The molecule has 0 unspecified atom stereocenters. The Labute approximate surface area is 138 Å². The molecule has 0 radical (unpaired) electrons. The van der Waals surface area contributed by atoms with Crippen LogP contribution in [0.5, 0.6) is 0 Å². The van der Waals surface area contributed by atoms with Gasteiger partial charge in [0.25, 0.3) is 5.91 Å². The van der Waals surface area contributed by atoms with Crippen LogP contribution in [0, 0.1) is 5.82 Å². The number of quaternary nitrogens is 1. The first-order valence-electron chi connectivity index (χ1n) is 7.72. The quantitative estimate of drug-likeness (QED) is 0.856. The van der Waals surface area contributed by atoms with Crippen molar-refractivity contribution in [3.05, 3.63) is 58.0 Å². The van der Waals surface area contributed by atoms with Gasteiger partial charge in [0.05, 0.1) is 19.3 Å². The predicted octanol–water partition coefficient (Wildman–Crippen LogP) is 1.01. The van der Waals surface area contributed by atoms with Gasteiger partial charge in [-0.3, -0.25) is 4.79 Å². The number of hydrogen-bond donors (Lipinski definition) is 2. The minimum atomic E-state index is -0.275. The van der Waals surface area contributed by atoms with Crippen molar-refractivity contribution in [1.29, 1.82) is 0 Å². The highest BCUT2D eigenvalue weighted by atomic mass is 32.1. The van der Waals surface area contributed by atoms with Gasteiger partial charge < -0.3 is 15.0 Å². The third-order valence-electron chi connectivity index (χ3n) is 3.95. The van der Waals surface area contributed by atoms with Gasteiger partial charge in [0, 0.05) is 4.88 Å². The molecule has 4 nitrogen and oxygen atoms in total. The maximum absolute atomic E-state index is 13.2. The van der Waals surface area contributed by atoms with Gasteiger partial charge >= 0.3 is 0 Å². The molecule has 0 spiro atoms. The Kier molecular flexibility index (Phi) is 5.38. The van der Waals surface area contributed by atoms with Crippen LogP contribution in [0.3, 0.4) is 0 Å². The van der Waals surface area contributed by atoms with E-state index in [2.05, 4.69) is 5.32 Å². The standard InChI is InChI=1S/C17H19FN2O2S/c18-14-5-3-13(4-6-14)17(15-2-1-11-23-15)19-16(21)12-20-7-9-22-10-8-20/h1-6,11,17H,7-10,12H2,(H,19,21)/p+1/t17-/m1/s1. The number of amides is 1. The van der Waals surface area contributed by atoms with Gasteiger partial charge in [-0.2, -0.15) is 0 Å². The third-order valence-corrected chi connectivity index (χ3v) is 4.88. The SMILES string of the molecule is O=C(C[NH+]1CCOCC1)N[C@H](c1ccc(F)cc1)c1cccs1. The fourth-order valence-corrected chi connectivity index (χ4v) is 3.51. The minimum Gasteiger partial charge on any atom is -0.370 e. The zero-order chi connectivity index (χ0) is 16.1. The highest BCUT2D eigenvalue weighted by Gasteiger charge is 2.22. The first kappa shape index (κ1) is 16.1. The number of benzene rings is 1. The number of ether oxygens (including phenoxy) is 1. The highest BCUT2D eigenvalue weighted by Crippen LogP contribution is 2.26. The molecular weight excluding hydrogens is 315 g/mol.